The number of methoxy groups -OCH3 is 1. The van der Waals surface area contributed by atoms with Crippen LogP contribution in [0.2, 0.25) is 0 Å². The minimum atomic E-state index is 0.751. The van der Waals surface area contributed by atoms with Crippen LogP contribution in [-0.4, -0.2) is 16.7 Å². The molecule has 0 fully saturated rings. The van der Waals surface area contributed by atoms with Gasteiger partial charge in [0.1, 0.15) is 11.6 Å². The van der Waals surface area contributed by atoms with E-state index in [2.05, 4.69) is 66.1 Å². The molecule has 25 heavy (non-hydrogen) atoms. The van der Waals surface area contributed by atoms with E-state index in [1.54, 1.807) is 7.11 Å². The van der Waals surface area contributed by atoms with E-state index >= 15 is 0 Å². The second-order valence-electron chi connectivity index (χ2n) is 6.23. The molecular weight excluding hydrogens is 308 g/mol. The van der Waals surface area contributed by atoms with Crippen LogP contribution in [0, 0.1) is 6.92 Å². The van der Waals surface area contributed by atoms with Crippen LogP contribution < -0.4 is 4.74 Å². The lowest BCUT2D eigenvalue weighted by molar-refractivity contribution is 0.414. The maximum atomic E-state index is 5.37. The molecule has 0 N–H and O–H groups in total. The van der Waals surface area contributed by atoms with E-state index in [1.807, 2.05) is 18.2 Å². The number of imidazole rings is 1. The van der Waals surface area contributed by atoms with Gasteiger partial charge in [0, 0.05) is 12.1 Å². The summed E-state index contributed by atoms with van der Waals surface area (Å²) < 4.78 is 7.64. The van der Waals surface area contributed by atoms with E-state index in [4.69, 9.17) is 9.72 Å². The quantitative estimate of drug-likeness (QED) is 0.523. The average molecular weight is 328 g/mol. The molecule has 0 atom stereocenters. The van der Waals surface area contributed by atoms with E-state index in [1.165, 1.54) is 11.1 Å². The number of aryl methyl sites for hydroxylation is 1. The smallest absolute Gasteiger partial charge is 0.141 e. The summed E-state index contributed by atoms with van der Waals surface area (Å²) in [7, 11) is 1.70. The molecule has 0 aliphatic carbocycles. The Kier molecular flexibility index (Phi) is 3.98. The number of ether oxygens (including phenoxy) is 1. The van der Waals surface area contributed by atoms with Crippen molar-refractivity contribution in [2.75, 3.05) is 7.11 Å². The number of rotatable bonds is 4. The molecule has 4 aromatic rings. The normalized spacial score (nSPS) is 11.0. The molecule has 0 radical (unpaired) electrons. The zero-order valence-electron chi connectivity index (χ0n) is 14.4. The maximum Gasteiger partial charge on any atom is 0.141 e. The van der Waals surface area contributed by atoms with E-state index < -0.39 is 0 Å². The topological polar surface area (TPSA) is 27.1 Å². The number of nitrogens with zero attached hydrogens (tertiary/aromatic N) is 2. The molecule has 4 rings (SSSR count). The van der Waals surface area contributed by atoms with Crippen LogP contribution in [0.5, 0.6) is 5.75 Å². The lowest BCUT2D eigenvalue weighted by Gasteiger charge is -2.11. The molecule has 0 unspecified atom stereocenters. The van der Waals surface area contributed by atoms with Gasteiger partial charge in [-0.25, -0.2) is 4.98 Å². The SMILES string of the molecule is COc1cccc(Cn2c(-c3cccc(C)c3)nc3ccccc32)c1. The van der Waals surface area contributed by atoms with Crippen molar-refractivity contribution < 1.29 is 4.74 Å². The highest BCUT2D eigenvalue weighted by Gasteiger charge is 2.13. The van der Waals surface area contributed by atoms with Gasteiger partial charge in [-0.2, -0.15) is 0 Å². The summed E-state index contributed by atoms with van der Waals surface area (Å²) >= 11 is 0. The molecule has 1 aromatic heterocycles. The average Bonchev–Trinajstić information content (AvgIpc) is 3.01. The number of benzene rings is 3. The van der Waals surface area contributed by atoms with Gasteiger partial charge >= 0.3 is 0 Å². The van der Waals surface area contributed by atoms with Crippen molar-refractivity contribution in [1.29, 1.82) is 0 Å². The molecule has 3 nitrogen and oxygen atoms in total. The minimum absolute atomic E-state index is 0.751. The van der Waals surface area contributed by atoms with Crippen molar-refractivity contribution in [2.24, 2.45) is 0 Å². The van der Waals surface area contributed by atoms with Crippen LogP contribution in [0.25, 0.3) is 22.4 Å². The highest BCUT2D eigenvalue weighted by atomic mass is 16.5. The summed E-state index contributed by atoms with van der Waals surface area (Å²) in [6, 6.07) is 25.0. The van der Waals surface area contributed by atoms with E-state index in [9.17, 15) is 0 Å². The first-order valence-corrected chi connectivity index (χ1v) is 8.40. The van der Waals surface area contributed by atoms with Crippen molar-refractivity contribution in [2.45, 2.75) is 13.5 Å². The Morgan fingerprint density at radius 3 is 2.60 bits per heavy atom. The summed E-state index contributed by atoms with van der Waals surface area (Å²) in [6.07, 6.45) is 0. The molecule has 0 aliphatic rings. The van der Waals surface area contributed by atoms with Crippen LogP contribution in [0.15, 0.2) is 72.8 Å². The standard InChI is InChI=1S/C22H20N2O/c1-16-7-5-9-18(13-16)22-23-20-11-3-4-12-21(20)24(22)15-17-8-6-10-19(14-17)25-2/h3-14H,15H2,1-2H3. The van der Waals surface area contributed by atoms with Crippen molar-refractivity contribution in [3.8, 4) is 17.1 Å². The van der Waals surface area contributed by atoms with Gasteiger partial charge in [-0.15, -0.1) is 0 Å². The molecule has 0 saturated heterocycles. The molecule has 3 aromatic carbocycles. The fourth-order valence-corrected chi connectivity index (χ4v) is 3.19. The molecule has 1 heterocycles. The maximum absolute atomic E-state index is 5.37. The first-order valence-electron chi connectivity index (χ1n) is 8.40. The van der Waals surface area contributed by atoms with Gasteiger partial charge in [-0.3, -0.25) is 0 Å². The van der Waals surface area contributed by atoms with Crippen molar-refractivity contribution in [3.05, 3.63) is 83.9 Å². The van der Waals surface area contributed by atoms with Gasteiger partial charge in [0.15, 0.2) is 0 Å². The second-order valence-corrected chi connectivity index (χ2v) is 6.23. The number of aromatic nitrogens is 2. The molecule has 3 heteroatoms. The number of hydrogen-bond acceptors (Lipinski definition) is 2. The molecule has 0 aliphatic heterocycles. The van der Waals surface area contributed by atoms with Crippen LogP contribution in [0.1, 0.15) is 11.1 Å². The Labute approximate surface area is 147 Å². The van der Waals surface area contributed by atoms with E-state index in [0.717, 1.165) is 34.7 Å². The predicted octanol–water partition coefficient (Wildman–Crippen LogP) is 5.07. The highest BCUT2D eigenvalue weighted by molar-refractivity contribution is 5.80. The van der Waals surface area contributed by atoms with Crippen LogP contribution >= 0.6 is 0 Å². The Hall–Kier alpha value is -3.07. The van der Waals surface area contributed by atoms with Gasteiger partial charge < -0.3 is 9.30 Å². The Morgan fingerprint density at radius 1 is 0.920 bits per heavy atom. The molecule has 0 bridgehead atoms. The van der Waals surface area contributed by atoms with Crippen molar-refractivity contribution >= 4 is 11.0 Å². The number of hydrogen-bond donors (Lipinski definition) is 0. The Bertz CT molecular complexity index is 1030. The van der Waals surface area contributed by atoms with Crippen molar-refractivity contribution in [3.63, 3.8) is 0 Å². The van der Waals surface area contributed by atoms with E-state index in [0.29, 0.717) is 0 Å². The third-order valence-corrected chi connectivity index (χ3v) is 4.41. The summed E-state index contributed by atoms with van der Waals surface area (Å²) in [5.41, 5.74) is 5.72. The summed E-state index contributed by atoms with van der Waals surface area (Å²) in [5, 5.41) is 0. The van der Waals surface area contributed by atoms with Gasteiger partial charge in [0.2, 0.25) is 0 Å². The second kappa shape index (κ2) is 6.44. The zero-order valence-corrected chi connectivity index (χ0v) is 14.4. The molecule has 0 amide bonds. The first kappa shape index (κ1) is 15.5. The van der Waals surface area contributed by atoms with Crippen LogP contribution in [0.4, 0.5) is 0 Å². The molecule has 0 spiro atoms. The molecule has 124 valence electrons. The number of para-hydroxylation sites is 2. The molecular formula is C22H20N2O. The van der Waals surface area contributed by atoms with Gasteiger partial charge in [-0.1, -0.05) is 48.0 Å². The third-order valence-electron chi connectivity index (χ3n) is 4.41. The van der Waals surface area contributed by atoms with E-state index in [-0.39, 0.29) is 0 Å². The summed E-state index contributed by atoms with van der Waals surface area (Å²) in [4.78, 5) is 4.89. The third kappa shape index (κ3) is 3.01. The lowest BCUT2D eigenvalue weighted by atomic mass is 10.1. The highest BCUT2D eigenvalue weighted by Crippen LogP contribution is 2.27. The van der Waals surface area contributed by atoms with Crippen LogP contribution in [-0.2, 0) is 6.54 Å². The first-order chi connectivity index (χ1) is 12.2. The van der Waals surface area contributed by atoms with Gasteiger partial charge in [0.05, 0.1) is 18.1 Å². The number of fused-ring (bicyclic) bond motifs is 1. The van der Waals surface area contributed by atoms with Crippen LogP contribution in [0.3, 0.4) is 0 Å². The minimum Gasteiger partial charge on any atom is -0.497 e. The largest absolute Gasteiger partial charge is 0.497 e. The monoisotopic (exact) mass is 328 g/mol. The van der Waals surface area contributed by atoms with Crippen molar-refractivity contribution in [1.82, 2.24) is 9.55 Å². The van der Waals surface area contributed by atoms with Gasteiger partial charge in [0.25, 0.3) is 0 Å². The van der Waals surface area contributed by atoms with Gasteiger partial charge in [-0.05, 0) is 42.8 Å². The Balaban J connectivity index is 1.87. The fraction of sp³-hybridized carbons (Fsp3) is 0.136. The predicted molar refractivity (Wildman–Crippen MR) is 102 cm³/mol. The zero-order chi connectivity index (χ0) is 17.2. The summed E-state index contributed by atoms with van der Waals surface area (Å²) in [6.45, 7) is 2.86. The Morgan fingerprint density at radius 2 is 1.76 bits per heavy atom. The summed E-state index contributed by atoms with van der Waals surface area (Å²) in [5.74, 6) is 1.87. The lowest BCUT2D eigenvalue weighted by Crippen LogP contribution is -2.02. The fourth-order valence-electron chi connectivity index (χ4n) is 3.19. The molecule has 0 saturated carbocycles.